The van der Waals surface area contributed by atoms with Crippen molar-refractivity contribution in [2.75, 3.05) is 13.2 Å². The van der Waals surface area contributed by atoms with E-state index in [1.807, 2.05) is 0 Å². The summed E-state index contributed by atoms with van der Waals surface area (Å²) in [6.07, 6.45) is 0. The fourth-order valence-corrected chi connectivity index (χ4v) is 3.96. The minimum Gasteiger partial charge on any atom is -0.305 e. The van der Waals surface area contributed by atoms with Gasteiger partial charge in [0.25, 0.3) is 0 Å². The molecule has 0 fully saturated rings. The Labute approximate surface area is 105 Å². The molecule has 16 heavy (non-hydrogen) atoms. The van der Waals surface area contributed by atoms with Crippen LogP contribution in [0.25, 0.3) is 0 Å². The first kappa shape index (κ1) is 14.0. The van der Waals surface area contributed by atoms with Gasteiger partial charge in [0.1, 0.15) is 5.30 Å². The molecule has 1 rings (SSSR count). The molecule has 0 saturated heterocycles. The molecule has 0 aliphatic heterocycles. The summed E-state index contributed by atoms with van der Waals surface area (Å²) in [7, 11) is -3.41. The first-order valence-electron chi connectivity index (χ1n) is 4.88. The monoisotopic (exact) mass is 282 g/mol. The minimum absolute atomic E-state index is 0.238. The maximum atomic E-state index is 12.4. The van der Waals surface area contributed by atoms with E-state index < -0.39 is 7.60 Å². The van der Waals surface area contributed by atoms with Crippen LogP contribution < -0.4 is 5.30 Å². The molecule has 0 aliphatic carbocycles. The van der Waals surface area contributed by atoms with E-state index in [1.165, 1.54) is 0 Å². The molecule has 0 aliphatic rings. The number of hydrogen-bond acceptors (Lipinski definition) is 3. The molecule has 1 aromatic rings. The highest BCUT2D eigenvalue weighted by Gasteiger charge is 2.31. The molecule has 0 N–H and O–H groups in total. The summed E-state index contributed by atoms with van der Waals surface area (Å²) in [5, 5.41) is 0.817. The first-order valence-corrected chi connectivity index (χ1v) is 7.18. The van der Waals surface area contributed by atoms with Crippen molar-refractivity contribution in [3.63, 3.8) is 0 Å². The van der Waals surface area contributed by atoms with Crippen molar-refractivity contribution >= 4 is 36.1 Å². The maximum absolute atomic E-state index is 12.4. The Morgan fingerprint density at radius 1 is 1.12 bits per heavy atom. The molecule has 0 bridgehead atoms. The summed E-state index contributed by atoms with van der Waals surface area (Å²) in [6, 6.07) is 4.89. The van der Waals surface area contributed by atoms with Crippen molar-refractivity contribution < 1.29 is 13.6 Å². The smallest absolute Gasteiger partial charge is 0.305 e. The molecular formula is C10H13Cl2O3P. The van der Waals surface area contributed by atoms with Gasteiger partial charge >= 0.3 is 7.60 Å². The predicted octanol–water partition coefficient (Wildman–Crippen LogP) is 3.88. The van der Waals surface area contributed by atoms with Gasteiger partial charge < -0.3 is 9.05 Å². The van der Waals surface area contributed by atoms with Crippen LogP contribution in [0, 0.1) is 0 Å². The molecule has 90 valence electrons. The Morgan fingerprint density at radius 2 is 1.56 bits per heavy atom. The van der Waals surface area contributed by atoms with E-state index in [4.69, 9.17) is 32.2 Å². The highest BCUT2D eigenvalue weighted by atomic mass is 35.5. The Kier molecular flexibility index (Phi) is 5.29. The van der Waals surface area contributed by atoms with Crippen LogP contribution in [0.5, 0.6) is 0 Å². The Bertz CT molecular complexity index is 379. The van der Waals surface area contributed by atoms with Crippen molar-refractivity contribution in [2.24, 2.45) is 0 Å². The zero-order valence-electron chi connectivity index (χ0n) is 9.07. The lowest BCUT2D eigenvalue weighted by atomic mass is 10.4. The lowest BCUT2D eigenvalue weighted by Crippen LogP contribution is -2.13. The molecule has 0 amide bonds. The lowest BCUT2D eigenvalue weighted by Gasteiger charge is -2.19. The lowest BCUT2D eigenvalue weighted by molar-refractivity contribution is 0.230. The second kappa shape index (κ2) is 6.04. The molecule has 6 heteroatoms. The van der Waals surface area contributed by atoms with Crippen LogP contribution in [0.15, 0.2) is 18.2 Å². The molecule has 0 radical (unpaired) electrons. The summed E-state index contributed by atoms with van der Waals surface area (Å²) in [5.74, 6) is 0. The van der Waals surface area contributed by atoms with Crippen LogP contribution in [0.3, 0.4) is 0 Å². The number of halogens is 2. The van der Waals surface area contributed by atoms with Gasteiger partial charge in [-0.25, -0.2) is 0 Å². The standard InChI is InChI=1S/C10H13Cl2O3P/c1-3-14-16(13,15-4-2)10-8(11)6-5-7-9(10)12/h5-7H,3-4H2,1-2H3. The number of rotatable bonds is 5. The molecule has 0 spiro atoms. The van der Waals surface area contributed by atoms with Crippen molar-refractivity contribution in [3.05, 3.63) is 28.2 Å². The summed E-state index contributed by atoms with van der Waals surface area (Å²) in [4.78, 5) is 0. The van der Waals surface area contributed by atoms with Gasteiger partial charge in [0.15, 0.2) is 0 Å². The minimum atomic E-state index is -3.41. The molecule has 0 unspecified atom stereocenters. The van der Waals surface area contributed by atoms with E-state index >= 15 is 0 Å². The molecule has 0 atom stereocenters. The van der Waals surface area contributed by atoms with E-state index in [9.17, 15) is 4.57 Å². The normalized spacial score (nSPS) is 11.8. The highest BCUT2D eigenvalue weighted by Crippen LogP contribution is 2.50. The first-order chi connectivity index (χ1) is 7.55. The van der Waals surface area contributed by atoms with Gasteiger partial charge in [0, 0.05) is 0 Å². The molecule has 1 aromatic carbocycles. The molecular weight excluding hydrogens is 270 g/mol. The van der Waals surface area contributed by atoms with Crippen LogP contribution >= 0.6 is 30.8 Å². The van der Waals surface area contributed by atoms with E-state index in [0.29, 0.717) is 0 Å². The molecule has 0 saturated carbocycles. The van der Waals surface area contributed by atoms with Gasteiger partial charge in [-0.15, -0.1) is 0 Å². The predicted molar refractivity (Wildman–Crippen MR) is 67.0 cm³/mol. The van der Waals surface area contributed by atoms with Gasteiger partial charge in [0.2, 0.25) is 0 Å². The van der Waals surface area contributed by atoms with Gasteiger partial charge in [-0.2, -0.15) is 0 Å². The third-order valence-electron chi connectivity index (χ3n) is 1.81. The van der Waals surface area contributed by atoms with Gasteiger partial charge in [0.05, 0.1) is 23.3 Å². The second-order valence-electron chi connectivity index (χ2n) is 2.90. The van der Waals surface area contributed by atoms with Crippen LogP contribution in [0.2, 0.25) is 10.0 Å². The van der Waals surface area contributed by atoms with E-state index in [-0.39, 0.29) is 28.6 Å². The quantitative estimate of drug-likeness (QED) is 0.769. The van der Waals surface area contributed by atoms with Crippen molar-refractivity contribution in [2.45, 2.75) is 13.8 Å². The summed E-state index contributed by atoms with van der Waals surface area (Å²) in [6.45, 7) is 3.99. The van der Waals surface area contributed by atoms with Crippen LogP contribution in [-0.2, 0) is 13.6 Å². The Morgan fingerprint density at radius 3 is 1.94 bits per heavy atom. The summed E-state index contributed by atoms with van der Waals surface area (Å²) < 4.78 is 22.8. The summed E-state index contributed by atoms with van der Waals surface area (Å²) in [5.41, 5.74) is 0. The molecule has 0 aromatic heterocycles. The van der Waals surface area contributed by atoms with Gasteiger partial charge in [-0.05, 0) is 26.0 Å². The zero-order chi connectivity index (χ0) is 12.2. The fraction of sp³-hybridized carbons (Fsp3) is 0.400. The number of hydrogen-bond donors (Lipinski definition) is 0. The molecule has 3 nitrogen and oxygen atoms in total. The third-order valence-corrected chi connectivity index (χ3v) is 4.93. The largest absolute Gasteiger partial charge is 0.364 e. The third kappa shape index (κ3) is 2.99. The topological polar surface area (TPSA) is 35.5 Å². The van der Waals surface area contributed by atoms with Gasteiger partial charge in [-0.1, -0.05) is 29.3 Å². The Balaban J connectivity index is 3.26. The average molecular weight is 283 g/mol. The van der Waals surface area contributed by atoms with Crippen molar-refractivity contribution in [1.29, 1.82) is 0 Å². The fourth-order valence-electron chi connectivity index (χ4n) is 1.26. The summed E-state index contributed by atoms with van der Waals surface area (Å²) >= 11 is 11.9. The van der Waals surface area contributed by atoms with Crippen LogP contribution in [-0.4, -0.2) is 13.2 Å². The van der Waals surface area contributed by atoms with Crippen LogP contribution in [0.1, 0.15) is 13.8 Å². The Hall–Kier alpha value is -0.0500. The van der Waals surface area contributed by atoms with E-state index in [0.717, 1.165) is 0 Å². The maximum Gasteiger partial charge on any atom is 0.364 e. The average Bonchev–Trinajstić information content (AvgIpc) is 2.17. The van der Waals surface area contributed by atoms with E-state index in [1.54, 1.807) is 32.0 Å². The SMILES string of the molecule is CCOP(=O)(OCC)c1c(Cl)cccc1Cl. The second-order valence-corrected chi connectivity index (χ2v) is 5.68. The van der Waals surface area contributed by atoms with Gasteiger partial charge in [-0.3, -0.25) is 4.57 Å². The van der Waals surface area contributed by atoms with E-state index in [2.05, 4.69) is 0 Å². The van der Waals surface area contributed by atoms with Crippen molar-refractivity contribution in [1.82, 2.24) is 0 Å². The van der Waals surface area contributed by atoms with Crippen LogP contribution in [0.4, 0.5) is 0 Å². The highest BCUT2D eigenvalue weighted by molar-refractivity contribution is 7.62. The van der Waals surface area contributed by atoms with Crippen molar-refractivity contribution in [3.8, 4) is 0 Å². The zero-order valence-corrected chi connectivity index (χ0v) is 11.5. The molecule has 0 heterocycles. The number of benzene rings is 1.